The van der Waals surface area contributed by atoms with Crippen LogP contribution in [0.3, 0.4) is 0 Å². The molecule has 36 heavy (non-hydrogen) atoms. The fraction of sp³-hybridized carbons (Fsp3) is 0.269. The molecule has 5 aromatic rings. The summed E-state index contributed by atoms with van der Waals surface area (Å²) in [7, 11) is 0. The maximum atomic E-state index is 12.7. The van der Waals surface area contributed by atoms with Gasteiger partial charge in [0.15, 0.2) is 11.5 Å². The van der Waals surface area contributed by atoms with Crippen LogP contribution in [-0.2, 0) is 4.74 Å². The number of carbonyl (C=O) groups excluding carboxylic acids is 1. The summed E-state index contributed by atoms with van der Waals surface area (Å²) in [5.74, 6) is 0.701. The van der Waals surface area contributed by atoms with Crippen molar-refractivity contribution in [3.63, 3.8) is 0 Å². The predicted molar refractivity (Wildman–Crippen MR) is 140 cm³/mol. The van der Waals surface area contributed by atoms with Crippen LogP contribution in [-0.4, -0.2) is 67.4 Å². The minimum atomic E-state index is -0.193. The number of anilines is 1. The number of nitrogens with zero attached hydrogens (tertiary/aromatic N) is 5. The number of H-pyrrole nitrogens is 2. The number of hydrogen-bond acceptors (Lipinski definition) is 6. The number of likely N-dealkylation sites (N-methyl/N-ethyl adjacent to an activating group) is 1. The predicted octanol–water partition coefficient (Wildman–Crippen LogP) is 4.76. The number of benzene rings is 1. The van der Waals surface area contributed by atoms with Crippen molar-refractivity contribution < 1.29 is 9.53 Å². The lowest BCUT2D eigenvalue weighted by molar-refractivity contribution is 0.123. The summed E-state index contributed by atoms with van der Waals surface area (Å²) in [6, 6.07) is 9.74. The summed E-state index contributed by atoms with van der Waals surface area (Å²) in [5.41, 5.74) is 6.63. The molecule has 1 aromatic carbocycles. The number of imidazole rings is 1. The van der Waals surface area contributed by atoms with Crippen molar-refractivity contribution in [2.45, 2.75) is 20.8 Å². The lowest BCUT2D eigenvalue weighted by Crippen LogP contribution is -2.37. The largest absolute Gasteiger partial charge is 0.380 e. The van der Waals surface area contributed by atoms with E-state index in [1.165, 1.54) is 0 Å². The first-order chi connectivity index (χ1) is 17.6. The van der Waals surface area contributed by atoms with E-state index < -0.39 is 0 Å². The third-order valence-electron chi connectivity index (χ3n) is 6.06. The second kappa shape index (κ2) is 10.1. The van der Waals surface area contributed by atoms with Crippen molar-refractivity contribution in [2.75, 3.05) is 31.6 Å². The van der Waals surface area contributed by atoms with E-state index in [1.54, 1.807) is 23.5 Å². The van der Waals surface area contributed by atoms with Crippen LogP contribution in [0.25, 0.3) is 44.7 Å². The Kier molecular flexibility index (Phi) is 6.59. The van der Waals surface area contributed by atoms with E-state index in [9.17, 15) is 4.79 Å². The van der Waals surface area contributed by atoms with Gasteiger partial charge in [-0.2, -0.15) is 5.10 Å². The Morgan fingerprint density at radius 2 is 2.00 bits per heavy atom. The van der Waals surface area contributed by atoms with Crippen LogP contribution >= 0.6 is 0 Å². The second-order valence-electron chi connectivity index (χ2n) is 8.42. The number of pyridine rings is 2. The molecule has 4 aromatic heterocycles. The number of para-hydroxylation sites is 1. The smallest absolute Gasteiger partial charge is 0.321 e. The molecule has 3 N–H and O–H groups in total. The van der Waals surface area contributed by atoms with Gasteiger partial charge in [0.1, 0.15) is 5.69 Å². The molecule has 184 valence electrons. The third-order valence-corrected chi connectivity index (χ3v) is 6.06. The van der Waals surface area contributed by atoms with Crippen LogP contribution in [0.5, 0.6) is 0 Å². The fourth-order valence-electron chi connectivity index (χ4n) is 4.12. The van der Waals surface area contributed by atoms with Crippen molar-refractivity contribution in [3.05, 3.63) is 54.5 Å². The normalized spacial score (nSPS) is 11.3. The van der Waals surface area contributed by atoms with Gasteiger partial charge in [0, 0.05) is 43.2 Å². The first-order valence-electron chi connectivity index (χ1n) is 12.0. The van der Waals surface area contributed by atoms with E-state index in [0.717, 1.165) is 38.8 Å². The van der Waals surface area contributed by atoms with Gasteiger partial charge in [-0.15, -0.1) is 0 Å². The monoisotopic (exact) mass is 484 g/mol. The minimum Gasteiger partial charge on any atom is -0.380 e. The van der Waals surface area contributed by atoms with Gasteiger partial charge in [0.25, 0.3) is 0 Å². The van der Waals surface area contributed by atoms with Gasteiger partial charge in [0.05, 0.1) is 34.9 Å². The van der Waals surface area contributed by atoms with E-state index in [-0.39, 0.29) is 6.03 Å². The number of aromatic amines is 2. The molecule has 2 amide bonds. The molecule has 5 rings (SSSR count). The molecule has 0 saturated heterocycles. The Hall–Kier alpha value is -4.31. The molecular formula is C26H28N8O2. The Balaban J connectivity index is 1.42. The zero-order valence-corrected chi connectivity index (χ0v) is 20.5. The zero-order chi connectivity index (χ0) is 25.1. The first kappa shape index (κ1) is 23.4. The molecule has 0 unspecified atom stereocenters. The Labute approximate surface area is 208 Å². The zero-order valence-electron chi connectivity index (χ0n) is 20.5. The molecule has 0 aliphatic carbocycles. The number of aryl methyl sites for hydroxylation is 1. The molecule has 10 heteroatoms. The summed E-state index contributed by atoms with van der Waals surface area (Å²) in [6.07, 6.45) is 5.12. The number of aromatic nitrogens is 6. The van der Waals surface area contributed by atoms with Gasteiger partial charge in [-0.25, -0.2) is 14.8 Å². The van der Waals surface area contributed by atoms with Crippen LogP contribution in [0, 0.1) is 6.92 Å². The average Bonchev–Trinajstić information content (AvgIpc) is 3.51. The molecule has 0 radical (unpaired) electrons. The second-order valence-corrected chi connectivity index (χ2v) is 8.42. The molecule has 0 spiro atoms. The van der Waals surface area contributed by atoms with Gasteiger partial charge in [-0.3, -0.25) is 10.1 Å². The highest BCUT2D eigenvalue weighted by molar-refractivity contribution is 5.94. The van der Waals surface area contributed by atoms with Crippen molar-refractivity contribution in [3.8, 4) is 22.6 Å². The maximum Gasteiger partial charge on any atom is 0.321 e. The number of amides is 2. The standard InChI is InChI=1S/C26H28N8O2/c1-4-34(9-10-36-5-2)26(35)29-19-11-17(13-27-15-19)18-12-20-23(32-33-24(20)28-14-18)25-30-21-8-6-7-16(3)22(21)31-25/h6-8,11-15H,4-5,9-10H2,1-3H3,(H,29,35)(H,30,31)(H,28,32,33). The van der Waals surface area contributed by atoms with Crippen LogP contribution in [0.2, 0.25) is 0 Å². The van der Waals surface area contributed by atoms with E-state index in [4.69, 9.17) is 9.72 Å². The van der Waals surface area contributed by atoms with Crippen molar-refractivity contribution in [2.24, 2.45) is 0 Å². The van der Waals surface area contributed by atoms with Gasteiger partial charge in [0.2, 0.25) is 0 Å². The molecule has 10 nitrogen and oxygen atoms in total. The summed E-state index contributed by atoms with van der Waals surface area (Å²) in [4.78, 5) is 31.4. The van der Waals surface area contributed by atoms with Crippen molar-refractivity contribution >= 4 is 33.8 Å². The first-order valence-corrected chi connectivity index (χ1v) is 12.0. The van der Waals surface area contributed by atoms with E-state index in [0.29, 0.717) is 43.5 Å². The lowest BCUT2D eigenvalue weighted by Gasteiger charge is -2.21. The van der Waals surface area contributed by atoms with Crippen molar-refractivity contribution in [1.82, 2.24) is 35.0 Å². The van der Waals surface area contributed by atoms with E-state index >= 15 is 0 Å². The third kappa shape index (κ3) is 4.63. The van der Waals surface area contributed by atoms with Crippen LogP contribution in [0.15, 0.2) is 48.9 Å². The molecule has 0 saturated carbocycles. The highest BCUT2D eigenvalue weighted by Gasteiger charge is 2.16. The van der Waals surface area contributed by atoms with Gasteiger partial charge >= 0.3 is 6.03 Å². The highest BCUT2D eigenvalue weighted by atomic mass is 16.5. The van der Waals surface area contributed by atoms with Crippen LogP contribution < -0.4 is 5.32 Å². The number of hydrogen-bond donors (Lipinski definition) is 3. The molecule has 0 aliphatic rings. The highest BCUT2D eigenvalue weighted by Crippen LogP contribution is 2.30. The van der Waals surface area contributed by atoms with Gasteiger partial charge in [-0.1, -0.05) is 12.1 Å². The summed E-state index contributed by atoms with van der Waals surface area (Å²) >= 11 is 0. The molecule has 4 heterocycles. The molecular weight excluding hydrogens is 456 g/mol. The molecule has 0 aliphatic heterocycles. The van der Waals surface area contributed by atoms with Crippen LogP contribution in [0.4, 0.5) is 10.5 Å². The van der Waals surface area contributed by atoms with Crippen molar-refractivity contribution in [1.29, 1.82) is 0 Å². The number of nitrogens with one attached hydrogen (secondary N) is 3. The SMILES string of the molecule is CCOCCN(CC)C(=O)Nc1cncc(-c2cnc3n[nH]c(-c4nc5c(C)cccc5[nH]4)c3c2)c1. The molecule has 0 fully saturated rings. The Bertz CT molecular complexity index is 1520. The number of ether oxygens (including phenoxy) is 1. The molecule has 0 bridgehead atoms. The quantitative estimate of drug-likeness (QED) is 0.273. The summed E-state index contributed by atoms with van der Waals surface area (Å²) < 4.78 is 5.38. The number of fused-ring (bicyclic) bond motifs is 2. The van der Waals surface area contributed by atoms with Gasteiger partial charge in [-0.05, 0) is 44.5 Å². The number of rotatable bonds is 8. The molecule has 0 atom stereocenters. The summed E-state index contributed by atoms with van der Waals surface area (Å²) in [5, 5.41) is 11.2. The number of urea groups is 1. The maximum absolute atomic E-state index is 12.7. The minimum absolute atomic E-state index is 0.193. The van der Waals surface area contributed by atoms with E-state index in [2.05, 4.69) is 30.5 Å². The summed E-state index contributed by atoms with van der Waals surface area (Å²) in [6.45, 7) is 8.13. The fourth-order valence-corrected chi connectivity index (χ4v) is 4.12. The van der Waals surface area contributed by atoms with E-state index in [1.807, 2.05) is 51.1 Å². The topological polar surface area (TPSA) is 125 Å². The number of carbonyl (C=O) groups is 1. The van der Waals surface area contributed by atoms with Crippen LogP contribution in [0.1, 0.15) is 19.4 Å². The van der Waals surface area contributed by atoms with Gasteiger partial charge < -0.3 is 19.9 Å². The average molecular weight is 485 g/mol. The Morgan fingerprint density at radius 3 is 2.81 bits per heavy atom. The lowest BCUT2D eigenvalue weighted by atomic mass is 10.1. The Morgan fingerprint density at radius 1 is 1.14 bits per heavy atom.